The van der Waals surface area contributed by atoms with Crippen LogP contribution in [-0.4, -0.2) is 31.1 Å². The molecule has 0 bridgehead atoms. The average molecular weight is 305 g/mol. The third-order valence-electron chi connectivity index (χ3n) is 2.33. The standard InChI is InChI=1S/C7H16INO4/c1-2-7-4-3-5-9(7)6-13-8(10,11)12/h7,10-11H,2-6H2,1H3. The molecule has 0 saturated carbocycles. The molecule has 0 spiro atoms. The summed E-state index contributed by atoms with van der Waals surface area (Å²) in [6, 6.07) is 0.434. The number of rotatable bonds is 4. The molecule has 1 fully saturated rings. The number of hydrogen-bond acceptors (Lipinski definition) is 5. The van der Waals surface area contributed by atoms with Gasteiger partial charge in [0.2, 0.25) is 0 Å². The van der Waals surface area contributed by atoms with E-state index in [-0.39, 0.29) is 6.73 Å². The van der Waals surface area contributed by atoms with Crippen LogP contribution in [0.4, 0.5) is 0 Å². The van der Waals surface area contributed by atoms with Crippen molar-refractivity contribution in [1.82, 2.24) is 4.90 Å². The van der Waals surface area contributed by atoms with Crippen LogP contribution in [0.15, 0.2) is 0 Å². The van der Waals surface area contributed by atoms with E-state index in [9.17, 15) is 3.44 Å². The van der Waals surface area contributed by atoms with Gasteiger partial charge in [0.15, 0.2) is 0 Å². The molecule has 1 rings (SSSR count). The van der Waals surface area contributed by atoms with E-state index in [0.717, 1.165) is 25.8 Å². The summed E-state index contributed by atoms with van der Waals surface area (Å²) in [5, 5.41) is 0. The van der Waals surface area contributed by atoms with E-state index in [1.165, 1.54) is 0 Å². The summed E-state index contributed by atoms with van der Waals surface area (Å²) < 4.78 is 32.1. The summed E-state index contributed by atoms with van der Waals surface area (Å²) in [4.78, 5) is 1.99. The van der Waals surface area contributed by atoms with Crippen LogP contribution in [-0.2, 0) is 3.07 Å². The second-order valence-corrected chi connectivity index (χ2v) is 6.16. The van der Waals surface area contributed by atoms with Gasteiger partial charge < -0.3 is 0 Å². The summed E-state index contributed by atoms with van der Waals surface area (Å²) in [7, 11) is 0. The van der Waals surface area contributed by atoms with Gasteiger partial charge in [-0.15, -0.1) is 0 Å². The molecule has 0 amide bonds. The van der Waals surface area contributed by atoms with Gasteiger partial charge >= 0.3 is 83.9 Å². The first-order valence-electron chi connectivity index (χ1n) is 4.35. The predicted octanol–water partition coefficient (Wildman–Crippen LogP) is -4.00. The molecule has 2 N–H and O–H groups in total. The number of nitrogens with zero attached hydrogens (tertiary/aromatic N) is 1. The monoisotopic (exact) mass is 305 g/mol. The fraction of sp³-hybridized carbons (Fsp3) is 1.00. The van der Waals surface area contributed by atoms with Gasteiger partial charge in [0.05, 0.1) is 0 Å². The Morgan fingerprint density at radius 2 is 2.31 bits per heavy atom. The molecule has 0 aliphatic carbocycles. The summed E-state index contributed by atoms with van der Waals surface area (Å²) in [6.45, 7) is 3.04. The van der Waals surface area contributed by atoms with E-state index in [1.54, 1.807) is 0 Å². The van der Waals surface area contributed by atoms with Crippen molar-refractivity contribution in [1.29, 1.82) is 0 Å². The van der Waals surface area contributed by atoms with Crippen LogP contribution in [0.1, 0.15) is 26.2 Å². The van der Waals surface area contributed by atoms with Crippen molar-refractivity contribution >= 4 is 0 Å². The van der Waals surface area contributed by atoms with Crippen LogP contribution < -0.4 is 23.5 Å². The molecule has 1 aliphatic rings. The van der Waals surface area contributed by atoms with Crippen LogP contribution in [0, 0.1) is 0 Å². The fourth-order valence-corrected chi connectivity index (χ4v) is 2.37. The number of halogens is 1. The van der Waals surface area contributed by atoms with Gasteiger partial charge in [-0.05, 0) is 0 Å². The Kier molecular flexibility index (Phi) is 4.33. The maximum atomic E-state index is 10.5. The van der Waals surface area contributed by atoms with E-state index >= 15 is 0 Å². The van der Waals surface area contributed by atoms with Gasteiger partial charge in [-0.3, -0.25) is 0 Å². The molecule has 0 aromatic heterocycles. The molecule has 5 nitrogen and oxygen atoms in total. The Hall–Kier alpha value is 0.530. The molecule has 0 radical (unpaired) electrons. The Bertz CT molecular complexity index is 161. The first-order valence-corrected chi connectivity index (χ1v) is 8.04. The number of likely N-dealkylation sites (tertiary alicyclic amines) is 1. The van der Waals surface area contributed by atoms with Crippen molar-refractivity contribution in [2.75, 3.05) is 13.3 Å². The van der Waals surface area contributed by atoms with Gasteiger partial charge in [-0.25, -0.2) is 0 Å². The quantitative estimate of drug-likeness (QED) is 0.518. The Balaban J connectivity index is 2.28. The molecular formula is C7H16INO4. The summed E-state index contributed by atoms with van der Waals surface area (Å²) >= 11 is -4.95. The van der Waals surface area contributed by atoms with Crippen LogP contribution in [0.25, 0.3) is 0 Å². The van der Waals surface area contributed by atoms with E-state index in [0.29, 0.717) is 6.04 Å². The molecule has 80 valence electrons. The molecule has 1 aliphatic heterocycles. The minimum absolute atomic E-state index is 0.0750. The van der Waals surface area contributed by atoms with Crippen molar-refractivity contribution in [3.05, 3.63) is 0 Å². The molecule has 1 heterocycles. The zero-order chi connectivity index (χ0) is 9.90. The SMILES string of the molecule is CCC1CCCN1CO[I+]([O-])(O)O. The molecule has 1 unspecified atom stereocenters. The third-order valence-corrected chi connectivity index (χ3v) is 3.42. The molecule has 0 aromatic rings. The van der Waals surface area contributed by atoms with Gasteiger partial charge in [-0.1, -0.05) is 0 Å². The van der Waals surface area contributed by atoms with Crippen molar-refractivity contribution in [3.63, 3.8) is 0 Å². The Labute approximate surface area is 84.0 Å². The predicted molar refractivity (Wildman–Crippen MR) is 40.4 cm³/mol. The van der Waals surface area contributed by atoms with Crippen molar-refractivity contribution in [2.45, 2.75) is 32.2 Å². The first-order chi connectivity index (χ1) is 6.03. The molecule has 6 heteroatoms. The normalized spacial score (nSPS) is 26.6. The number of hydrogen-bond donors (Lipinski definition) is 2. The fourth-order valence-electron chi connectivity index (χ4n) is 1.65. The second-order valence-electron chi connectivity index (χ2n) is 3.17. The van der Waals surface area contributed by atoms with Gasteiger partial charge in [0.1, 0.15) is 0 Å². The van der Waals surface area contributed by atoms with Crippen LogP contribution in [0.5, 0.6) is 0 Å². The second kappa shape index (κ2) is 4.85. The van der Waals surface area contributed by atoms with Crippen molar-refractivity contribution < 1.29 is 33.5 Å². The average Bonchev–Trinajstić information content (AvgIpc) is 2.46. The van der Waals surface area contributed by atoms with Crippen LogP contribution in [0.3, 0.4) is 0 Å². The molecular weight excluding hydrogens is 289 g/mol. The topological polar surface area (TPSA) is 76.0 Å². The molecule has 0 aromatic carbocycles. The van der Waals surface area contributed by atoms with Crippen molar-refractivity contribution in [2.24, 2.45) is 0 Å². The summed E-state index contributed by atoms with van der Waals surface area (Å²) in [6.07, 6.45) is 3.21. The van der Waals surface area contributed by atoms with E-state index in [1.807, 2.05) is 4.90 Å². The summed E-state index contributed by atoms with van der Waals surface area (Å²) in [5.41, 5.74) is 0. The zero-order valence-electron chi connectivity index (χ0n) is 7.65. The summed E-state index contributed by atoms with van der Waals surface area (Å²) in [5.74, 6) is 0. The van der Waals surface area contributed by atoms with Gasteiger partial charge in [0, 0.05) is 0 Å². The Morgan fingerprint density at radius 1 is 1.62 bits per heavy atom. The van der Waals surface area contributed by atoms with E-state index in [4.69, 9.17) is 6.87 Å². The zero-order valence-corrected chi connectivity index (χ0v) is 9.81. The molecule has 1 saturated heterocycles. The van der Waals surface area contributed by atoms with Crippen LogP contribution >= 0.6 is 0 Å². The third kappa shape index (κ3) is 4.05. The van der Waals surface area contributed by atoms with E-state index < -0.39 is 20.1 Å². The van der Waals surface area contributed by atoms with E-state index in [2.05, 4.69) is 9.99 Å². The van der Waals surface area contributed by atoms with Gasteiger partial charge in [-0.2, -0.15) is 0 Å². The molecule has 13 heavy (non-hydrogen) atoms. The van der Waals surface area contributed by atoms with Crippen molar-refractivity contribution in [3.8, 4) is 0 Å². The Morgan fingerprint density at radius 3 is 2.85 bits per heavy atom. The van der Waals surface area contributed by atoms with Crippen LogP contribution in [0.2, 0.25) is 0 Å². The first kappa shape index (κ1) is 11.6. The van der Waals surface area contributed by atoms with Gasteiger partial charge in [0.25, 0.3) is 0 Å². The minimum atomic E-state index is -4.95. The maximum absolute atomic E-state index is 10.5. The molecule has 1 atom stereocenters.